The van der Waals surface area contributed by atoms with Crippen LogP contribution >= 0.6 is 0 Å². The maximum atomic E-state index is 2.91. The van der Waals surface area contributed by atoms with Crippen LogP contribution in [0, 0.1) is 136 Å². The van der Waals surface area contributed by atoms with Gasteiger partial charge in [-0.3, -0.25) is 0 Å². The van der Waals surface area contributed by atoms with Crippen molar-refractivity contribution >= 4 is 0 Å². The van der Waals surface area contributed by atoms with Crippen molar-refractivity contribution in [2.24, 2.45) is 136 Å². The Morgan fingerprint density at radius 2 is 0.513 bits per heavy atom. The molecular weight excluding hydrogens is 468 g/mol. The van der Waals surface area contributed by atoms with Crippen LogP contribution in [0.3, 0.4) is 0 Å². The monoisotopic (exact) mass is 524 g/mol. The van der Waals surface area contributed by atoms with Crippen LogP contribution in [-0.4, -0.2) is 0 Å². The highest BCUT2D eigenvalue weighted by Gasteiger charge is 3.12. The molecule has 12 aliphatic rings. The van der Waals surface area contributed by atoms with Gasteiger partial charge in [0.1, 0.15) is 0 Å². The van der Waals surface area contributed by atoms with Gasteiger partial charge < -0.3 is 0 Å². The van der Waals surface area contributed by atoms with Crippen molar-refractivity contribution in [3.8, 4) is 0 Å². The van der Waals surface area contributed by atoms with Crippen molar-refractivity contribution in [1.29, 1.82) is 0 Å². The molecule has 0 aromatic rings. The lowest BCUT2D eigenvalue weighted by atomic mass is 8.89. The third-order valence-corrected chi connectivity index (χ3v) is 25.6. The van der Waals surface area contributed by atoms with Crippen LogP contribution in [0.1, 0.15) is 103 Å². The van der Waals surface area contributed by atoms with E-state index in [2.05, 4.69) is 90.0 Å². The SMILES string of the molecule is CC1CC2C3C4C5C6C7C8C9C%10C%11C%12CC(C)C%12(C)C%11(C)C%10(C)C9(C)C8(C)C7(C)C6(C)C5(C)C4(C)C3(C)C12C. The van der Waals surface area contributed by atoms with Crippen molar-refractivity contribution in [1.82, 2.24) is 0 Å². The number of hydrogen-bond donors (Lipinski definition) is 0. The Bertz CT molecular complexity index is 1340. The molecule has 12 rings (SSSR count). The number of hydrogen-bond acceptors (Lipinski definition) is 0. The van der Waals surface area contributed by atoms with Crippen molar-refractivity contribution in [2.45, 2.75) is 103 Å². The minimum absolute atomic E-state index is 0.571. The smallest absolute Gasteiger partial charge is 0.0167 e. The average molecular weight is 525 g/mol. The van der Waals surface area contributed by atoms with Crippen LogP contribution in [0.4, 0.5) is 0 Å². The van der Waals surface area contributed by atoms with E-state index in [1.54, 1.807) is 12.8 Å². The van der Waals surface area contributed by atoms with E-state index in [0.29, 0.717) is 59.6 Å². The summed E-state index contributed by atoms with van der Waals surface area (Å²) in [4.78, 5) is 0. The molecular formula is C39H56. The fourth-order valence-corrected chi connectivity index (χ4v) is 23.8. The molecule has 39 heavy (non-hydrogen) atoms. The summed E-state index contributed by atoms with van der Waals surface area (Å²) < 4.78 is 0. The molecule has 22 unspecified atom stereocenters. The van der Waals surface area contributed by atoms with Crippen molar-refractivity contribution < 1.29 is 0 Å². The van der Waals surface area contributed by atoms with E-state index in [9.17, 15) is 0 Å². The zero-order valence-corrected chi connectivity index (χ0v) is 27.4. The van der Waals surface area contributed by atoms with Gasteiger partial charge in [-0.2, -0.15) is 0 Å². The molecule has 0 aromatic carbocycles. The highest BCUT2D eigenvalue weighted by Crippen LogP contribution is 3.16. The van der Waals surface area contributed by atoms with E-state index < -0.39 is 0 Å². The molecule has 0 spiro atoms. The normalized spacial score (nSPS) is 92.4. The summed E-state index contributed by atoms with van der Waals surface area (Å²) in [6.07, 6.45) is 3.10. The quantitative estimate of drug-likeness (QED) is 0.277. The Morgan fingerprint density at radius 3 is 0.744 bits per heavy atom. The standard InChI is InChI=1S/C39H56/c1-16-14-18-20-22-24-26-28-27-25-23-21-19-15-17(2)30(19,4)32(21,6)34(23,8)36(25,10)38(27,12)39(28,13)37(26,11)35(24,9)33(22,7)31(20,5)29(16,18)3/h16-28H,14-15H2,1-13H3. The maximum absolute atomic E-state index is 2.91. The van der Waals surface area contributed by atoms with Gasteiger partial charge >= 0.3 is 0 Å². The lowest BCUT2D eigenvalue weighted by Crippen LogP contribution is -3.11. The van der Waals surface area contributed by atoms with Crippen molar-refractivity contribution in [2.75, 3.05) is 0 Å². The predicted octanol–water partition coefficient (Wildman–Crippen LogP) is 9.05. The fraction of sp³-hybridized carbons (Fsp3) is 1.00. The molecule has 0 nitrogen and oxygen atoms in total. The van der Waals surface area contributed by atoms with Crippen LogP contribution in [0.5, 0.6) is 0 Å². The number of fused-ring (bicyclic) bond motifs is 31. The van der Waals surface area contributed by atoms with Gasteiger partial charge in [-0.1, -0.05) is 90.0 Å². The molecule has 22 atom stereocenters. The summed E-state index contributed by atoms with van der Waals surface area (Å²) in [5.74, 6) is 13.8. The lowest BCUT2D eigenvalue weighted by Gasteiger charge is -3.14. The third-order valence-electron chi connectivity index (χ3n) is 25.6. The Morgan fingerprint density at radius 1 is 0.308 bits per heavy atom. The minimum Gasteiger partial charge on any atom is -0.0619 e. The Balaban J connectivity index is 0.987. The van der Waals surface area contributed by atoms with Gasteiger partial charge in [-0.05, 0) is 149 Å². The summed E-state index contributed by atoms with van der Waals surface area (Å²) in [7, 11) is 0. The Labute approximate surface area is 239 Å². The van der Waals surface area contributed by atoms with Crippen molar-refractivity contribution in [3.63, 3.8) is 0 Å². The van der Waals surface area contributed by atoms with E-state index in [0.717, 1.165) is 76.9 Å². The molecule has 0 radical (unpaired) electrons. The van der Waals surface area contributed by atoms with Gasteiger partial charge in [0.2, 0.25) is 0 Å². The first-order chi connectivity index (χ1) is 17.9. The third kappa shape index (κ3) is 1.06. The van der Waals surface area contributed by atoms with Crippen LogP contribution in [0.2, 0.25) is 0 Å². The zero-order chi connectivity index (χ0) is 27.4. The summed E-state index contributed by atoms with van der Waals surface area (Å²) in [5, 5.41) is 0. The van der Waals surface area contributed by atoms with E-state index in [1.165, 1.54) is 0 Å². The van der Waals surface area contributed by atoms with Gasteiger partial charge in [-0.25, -0.2) is 0 Å². The Kier molecular flexibility index (Phi) is 2.62. The van der Waals surface area contributed by atoms with E-state index in [4.69, 9.17) is 0 Å². The zero-order valence-electron chi connectivity index (χ0n) is 27.4. The van der Waals surface area contributed by atoms with E-state index in [1.807, 2.05) is 0 Å². The van der Waals surface area contributed by atoms with E-state index in [-0.39, 0.29) is 0 Å². The summed E-state index contributed by atoms with van der Waals surface area (Å²) in [5.41, 5.74) is 6.57. The molecule has 212 valence electrons. The van der Waals surface area contributed by atoms with Gasteiger partial charge in [0.15, 0.2) is 0 Å². The highest BCUT2D eigenvalue weighted by molar-refractivity contribution is 5.59. The second-order valence-electron chi connectivity index (χ2n) is 21.6. The predicted molar refractivity (Wildman–Crippen MR) is 155 cm³/mol. The average Bonchev–Trinajstić information content (AvgIpc) is 2.92. The second kappa shape index (κ2) is 4.54. The van der Waals surface area contributed by atoms with Crippen molar-refractivity contribution in [3.05, 3.63) is 0 Å². The molecule has 0 N–H and O–H groups in total. The lowest BCUT2D eigenvalue weighted by molar-refractivity contribution is -0.683. The summed E-state index contributed by atoms with van der Waals surface area (Å²) in [6.45, 7) is 36.6. The first-order valence-electron chi connectivity index (χ1n) is 17.9. The minimum atomic E-state index is 0.571. The molecule has 0 aromatic heterocycles. The number of rotatable bonds is 0. The molecule has 0 bridgehead atoms. The topological polar surface area (TPSA) is 0 Å². The van der Waals surface area contributed by atoms with E-state index >= 15 is 0 Å². The molecule has 0 heteroatoms. The van der Waals surface area contributed by atoms with Crippen LogP contribution < -0.4 is 0 Å². The van der Waals surface area contributed by atoms with Crippen LogP contribution in [0.15, 0.2) is 0 Å². The largest absolute Gasteiger partial charge is 0.0619 e. The van der Waals surface area contributed by atoms with Crippen LogP contribution in [-0.2, 0) is 0 Å². The fourth-order valence-electron chi connectivity index (χ4n) is 23.8. The molecule has 0 heterocycles. The molecule has 0 amide bonds. The summed E-state index contributed by atoms with van der Waals surface area (Å²) >= 11 is 0. The Hall–Kier alpha value is 0. The van der Waals surface area contributed by atoms with Gasteiger partial charge in [0.05, 0.1) is 0 Å². The first kappa shape index (κ1) is 22.5. The molecule has 12 aliphatic carbocycles. The highest BCUT2D eigenvalue weighted by atomic mass is 15.2. The van der Waals surface area contributed by atoms with Gasteiger partial charge in [-0.15, -0.1) is 0 Å². The molecule has 12 saturated carbocycles. The van der Waals surface area contributed by atoms with Crippen LogP contribution in [0.25, 0.3) is 0 Å². The molecule has 0 saturated heterocycles. The maximum Gasteiger partial charge on any atom is -0.0167 e. The first-order valence-corrected chi connectivity index (χ1v) is 17.9. The van der Waals surface area contributed by atoms with Gasteiger partial charge in [0.25, 0.3) is 0 Å². The van der Waals surface area contributed by atoms with Gasteiger partial charge in [0, 0.05) is 0 Å². The summed E-state index contributed by atoms with van der Waals surface area (Å²) in [6, 6.07) is 0. The molecule has 12 fully saturated rings. The molecule has 0 aliphatic heterocycles. The second-order valence-corrected chi connectivity index (χ2v) is 21.6.